The van der Waals surface area contributed by atoms with E-state index < -0.39 is 0 Å². The fourth-order valence-corrected chi connectivity index (χ4v) is 5.52. The summed E-state index contributed by atoms with van der Waals surface area (Å²) < 4.78 is 2.05. The summed E-state index contributed by atoms with van der Waals surface area (Å²) in [5.41, 5.74) is 3.63. The van der Waals surface area contributed by atoms with Crippen molar-refractivity contribution in [1.29, 1.82) is 0 Å². The molecule has 4 heteroatoms. The van der Waals surface area contributed by atoms with Crippen molar-refractivity contribution in [3.05, 3.63) is 84.2 Å². The lowest BCUT2D eigenvalue weighted by molar-refractivity contribution is 0.0746. The molecule has 1 N–H and O–H groups in total. The van der Waals surface area contributed by atoms with Gasteiger partial charge in [0.2, 0.25) is 0 Å². The highest BCUT2D eigenvalue weighted by atomic mass is 16.3. The van der Waals surface area contributed by atoms with E-state index in [9.17, 15) is 5.11 Å². The molecule has 2 aliphatic rings. The second-order valence-corrected chi connectivity index (χ2v) is 8.38. The van der Waals surface area contributed by atoms with Gasteiger partial charge in [0.05, 0.1) is 18.0 Å². The van der Waals surface area contributed by atoms with Crippen LogP contribution in [0.2, 0.25) is 0 Å². The molecule has 3 atom stereocenters. The van der Waals surface area contributed by atoms with Gasteiger partial charge in [-0.1, -0.05) is 48.5 Å². The fraction of sp³-hybridized carbons (Fsp3) is 0.375. The molecule has 2 saturated heterocycles. The van der Waals surface area contributed by atoms with E-state index in [1.54, 1.807) is 0 Å². The molecule has 3 aromatic rings. The predicted octanol–water partition coefficient (Wildman–Crippen LogP) is 3.83. The number of aliphatic hydroxyl groups is 1. The van der Waals surface area contributed by atoms with Crippen molar-refractivity contribution in [2.75, 3.05) is 6.61 Å². The Kier molecular flexibility index (Phi) is 4.53. The number of aliphatic hydroxyl groups excluding tert-OH is 1. The molecule has 0 amide bonds. The first kappa shape index (κ1) is 17.7. The lowest BCUT2D eigenvalue weighted by atomic mass is 9.70. The minimum absolute atomic E-state index is 0.0259. The highest BCUT2D eigenvalue weighted by Crippen LogP contribution is 2.51. The second-order valence-electron chi connectivity index (χ2n) is 8.38. The Morgan fingerprint density at radius 2 is 1.71 bits per heavy atom. The van der Waals surface area contributed by atoms with Crippen molar-refractivity contribution in [2.45, 2.75) is 44.3 Å². The molecule has 4 nitrogen and oxygen atoms in total. The molecular formula is C24H27N3O. The molecule has 3 heterocycles. The molecule has 1 aromatic heterocycles. The van der Waals surface area contributed by atoms with Crippen LogP contribution in [0, 0.1) is 5.41 Å². The normalized spacial score (nSPS) is 26.8. The van der Waals surface area contributed by atoms with Gasteiger partial charge < -0.3 is 5.11 Å². The van der Waals surface area contributed by atoms with Crippen LogP contribution in [0.25, 0.3) is 5.69 Å². The molecule has 2 fully saturated rings. The van der Waals surface area contributed by atoms with Crippen LogP contribution in [0.5, 0.6) is 0 Å². The van der Waals surface area contributed by atoms with Crippen molar-refractivity contribution in [1.82, 2.24) is 14.7 Å². The number of hydrogen-bond donors (Lipinski definition) is 1. The Hall–Kier alpha value is -2.43. The summed E-state index contributed by atoms with van der Waals surface area (Å²) in [6.45, 7) is 1.15. The van der Waals surface area contributed by atoms with Crippen molar-refractivity contribution in [2.24, 2.45) is 5.41 Å². The maximum atomic E-state index is 10.4. The van der Waals surface area contributed by atoms with E-state index in [2.05, 4.69) is 75.3 Å². The van der Waals surface area contributed by atoms with Crippen molar-refractivity contribution in [3.8, 4) is 5.69 Å². The van der Waals surface area contributed by atoms with Gasteiger partial charge in [0.15, 0.2) is 0 Å². The predicted molar refractivity (Wildman–Crippen MR) is 110 cm³/mol. The minimum Gasteiger partial charge on any atom is -0.396 e. The zero-order valence-corrected chi connectivity index (χ0v) is 16.1. The third-order valence-electron chi connectivity index (χ3n) is 6.77. The first-order chi connectivity index (χ1) is 13.8. The van der Waals surface area contributed by atoms with Gasteiger partial charge >= 0.3 is 0 Å². The van der Waals surface area contributed by atoms with E-state index in [4.69, 9.17) is 0 Å². The van der Waals surface area contributed by atoms with Crippen LogP contribution in [-0.2, 0) is 13.0 Å². The van der Waals surface area contributed by atoms with Gasteiger partial charge in [0.1, 0.15) is 0 Å². The van der Waals surface area contributed by atoms with Crippen LogP contribution in [0.3, 0.4) is 0 Å². The summed E-state index contributed by atoms with van der Waals surface area (Å²) in [7, 11) is 0. The molecule has 144 valence electrons. The largest absolute Gasteiger partial charge is 0.396 e. The quantitative estimate of drug-likeness (QED) is 0.714. The van der Waals surface area contributed by atoms with Crippen LogP contribution < -0.4 is 0 Å². The number of para-hydroxylation sites is 1. The first-order valence-corrected chi connectivity index (χ1v) is 10.3. The van der Waals surface area contributed by atoms with Gasteiger partial charge in [-0.05, 0) is 49.4 Å². The van der Waals surface area contributed by atoms with Crippen molar-refractivity contribution >= 4 is 0 Å². The summed E-state index contributed by atoms with van der Waals surface area (Å²) in [5, 5.41) is 15.0. The van der Waals surface area contributed by atoms with Crippen LogP contribution in [0.15, 0.2) is 72.9 Å². The van der Waals surface area contributed by atoms with Gasteiger partial charge in [-0.2, -0.15) is 5.10 Å². The highest BCUT2D eigenvalue weighted by Gasteiger charge is 2.55. The Bertz CT molecular complexity index is 923. The molecule has 0 unspecified atom stereocenters. The summed E-state index contributed by atoms with van der Waals surface area (Å²) in [6, 6.07) is 24.1. The average Bonchev–Trinajstić information content (AvgIpc) is 3.44. The SMILES string of the molecule is OC[C@]1(Cc2ccccc2)C[C@@H]2CC[C@H]1N2Cc1ccnn1-c1ccccc1. The molecule has 0 spiro atoms. The number of fused-ring (bicyclic) bond motifs is 2. The molecule has 2 aliphatic heterocycles. The topological polar surface area (TPSA) is 41.3 Å². The van der Waals surface area contributed by atoms with Gasteiger partial charge in [-0.15, -0.1) is 0 Å². The lowest BCUT2D eigenvalue weighted by Gasteiger charge is -2.36. The van der Waals surface area contributed by atoms with Crippen molar-refractivity contribution in [3.63, 3.8) is 0 Å². The van der Waals surface area contributed by atoms with Crippen molar-refractivity contribution < 1.29 is 5.11 Å². The van der Waals surface area contributed by atoms with E-state index in [0.717, 1.165) is 25.1 Å². The molecule has 2 aromatic carbocycles. The molecular weight excluding hydrogens is 346 g/mol. The number of nitrogens with zero attached hydrogens (tertiary/aromatic N) is 3. The maximum Gasteiger partial charge on any atom is 0.0649 e. The Morgan fingerprint density at radius 3 is 2.46 bits per heavy atom. The number of rotatable bonds is 6. The summed E-state index contributed by atoms with van der Waals surface area (Å²) in [5.74, 6) is 0. The number of benzene rings is 2. The molecule has 2 bridgehead atoms. The molecule has 5 rings (SSSR count). The van der Waals surface area contributed by atoms with E-state index >= 15 is 0 Å². The molecule has 0 saturated carbocycles. The third kappa shape index (κ3) is 2.97. The fourth-order valence-electron chi connectivity index (χ4n) is 5.52. The van der Waals surface area contributed by atoms with Gasteiger partial charge in [0, 0.05) is 30.2 Å². The van der Waals surface area contributed by atoms with Gasteiger partial charge in [-0.25, -0.2) is 4.68 Å². The van der Waals surface area contributed by atoms with E-state index in [0.29, 0.717) is 12.1 Å². The number of aromatic nitrogens is 2. The van der Waals surface area contributed by atoms with Crippen LogP contribution in [0.1, 0.15) is 30.5 Å². The van der Waals surface area contributed by atoms with Crippen LogP contribution >= 0.6 is 0 Å². The summed E-state index contributed by atoms with van der Waals surface area (Å²) >= 11 is 0. The molecule has 0 radical (unpaired) electrons. The Morgan fingerprint density at radius 1 is 0.964 bits per heavy atom. The first-order valence-electron chi connectivity index (χ1n) is 10.3. The summed E-state index contributed by atoms with van der Waals surface area (Å²) in [6.07, 6.45) is 6.35. The minimum atomic E-state index is -0.0259. The van der Waals surface area contributed by atoms with Gasteiger partial charge in [0.25, 0.3) is 0 Å². The van der Waals surface area contributed by atoms with Crippen LogP contribution in [0.4, 0.5) is 0 Å². The van der Waals surface area contributed by atoms with Gasteiger partial charge in [-0.3, -0.25) is 4.90 Å². The maximum absolute atomic E-state index is 10.4. The second kappa shape index (κ2) is 7.19. The average molecular weight is 374 g/mol. The monoisotopic (exact) mass is 373 g/mol. The summed E-state index contributed by atoms with van der Waals surface area (Å²) in [4.78, 5) is 2.63. The smallest absolute Gasteiger partial charge is 0.0649 e. The highest BCUT2D eigenvalue weighted by molar-refractivity contribution is 5.32. The van der Waals surface area contributed by atoms with E-state index in [-0.39, 0.29) is 12.0 Å². The Balaban J connectivity index is 1.40. The zero-order chi connectivity index (χ0) is 19.0. The van der Waals surface area contributed by atoms with Crippen LogP contribution in [-0.4, -0.2) is 38.5 Å². The lowest BCUT2D eigenvalue weighted by Crippen LogP contribution is -2.41. The standard InChI is InChI=1S/C24H27N3O/c28-18-24(15-19-7-3-1-4-8-19)16-21-11-12-23(24)26(21)17-22-13-14-25-27(22)20-9-5-2-6-10-20/h1-10,13-14,21,23,28H,11-12,15-18H2/t21-,23+,24-/m0/s1. The molecule has 28 heavy (non-hydrogen) atoms. The zero-order valence-electron chi connectivity index (χ0n) is 16.1. The Labute approximate surface area is 166 Å². The van der Waals surface area contributed by atoms with E-state index in [1.807, 2.05) is 12.3 Å². The number of hydrogen-bond acceptors (Lipinski definition) is 3. The third-order valence-corrected chi connectivity index (χ3v) is 6.77. The van der Waals surface area contributed by atoms with E-state index in [1.165, 1.54) is 24.1 Å². The molecule has 0 aliphatic carbocycles.